The Morgan fingerprint density at radius 3 is 2.40 bits per heavy atom. The third kappa shape index (κ3) is 4.95. The van der Waals surface area contributed by atoms with Crippen LogP contribution in [0.3, 0.4) is 0 Å². The number of aromatic nitrogens is 2. The van der Waals surface area contributed by atoms with E-state index in [9.17, 15) is 31.5 Å². The summed E-state index contributed by atoms with van der Waals surface area (Å²) in [6, 6.07) is -1.15. The molecule has 1 N–H and O–H groups in total. The van der Waals surface area contributed by atoms with E-state index in [0.717, 1.165) is 56.2 Å². The molecule has 2 aromatic rings. The summed E-state index contributed by atoms with van der Waals surface area (Å²) in [5.74, 6) is -1.66. The van der Waals surface area contributed by atoms with Crippen LogP contribution in [0.4, 0.5) is 27.8 Å². The molecular formula is C22H23F5N4O3S. The number of hydrogen-bond donors (Lipinski definition) is 1. The van der Waals surface area contributed by atoms with Crippen molar-refractivity contribution >= 4 is 29.0 Å². The Kier molecular flexibility index (Phi) is 6.98. The maximum absolute atomic E-state index is 14.0. The molecule has 0 spiro atoms. The van der Waals surface area contributed by atoms with Crippen molar-refractivity contribution in [1.29, 1.82) is 0 Å². The summed E-state index contributed by atoms with van der Waals surface area (Å²) in [4.78, 5) is 35.5. The fraction of sp³-hybridized carbons (Fsp3) is 0.545. The number of alkyl halides is 5. The highest BCUT2D eigenvalue weighted by molar-refractivity contribution is 7.17. The van der Waals surface area contributed by atoms with E-state index in [4.69, 9.17) is 4.74 Å². The highest BCUT2D eigenvalue weighted by atomic mass is 32.1. The normalized spacial score (nSPS) is 20.4. The van der Waals surface area contributed by atoms with Crippen LogP contribution in [0, 0.1) is 0 Å². The first-order chi connectivity index (χ1) is 16.5. The number of carbonyl (C=O) groups excluding carboxylic acids is 2. The molecule has 4 rings (SSSR count). The number of anilines is 1. The van der Waals surface area contributed by atoms with Crippen LogP contribution in [0.5, 0.6) is 0 Å². The number of ether oxygens (including phenoxy) is 1. The van der Waals surface area contributed by atoms with Crippen molar-refractivity contribution in [3.63, 3.8) is 0 Å². The Bertz CT molecular complexity index is 1100. The van der Waals surface area contributed by atoms with Gasteiger partial charge in [-0.25, -0.2) is 23.5 Å². The molecule has 190 valence electrons. The lowest BCUT2D eigenvalue weighted by Crippen LogP contribution is -2.35. The number of rotatable bonds is 7. The maximum atomic E-state index is 14.0. The van der Waals surface area contributed by atoms with Crippen LogP contribution in [-0.4, -0.2) is 57.7 Å². The summed E-state index contributed by atoms with van der Waals surface area (Å²) in [5, 5.41) is 1.89. The molecule has 0 saturated carbocycles. The first-order valence-electron chi connectivity index (χ1n) is 11.1. The van der Waals surface area contributed by atoms with E-state index in [2.05, 4.69) is 15.3 Å². The molecule has 0 unspecified atom stereocenters. The average molecular weight is 519 g/mol. The second kappa shape index (κ2) is 9.67. The SMILES string of the molecule is CCOC(=O)c1nc(C(=O)N2[C@H]3CC[C@@H]2CC3)c(-c2cnc(N[C@@H](C)C(F)(F)F)cc2C(F)F)s1. The predicted molar refractivity (Wildman–Crippen MR) is 118 cm³/mol. The lowest BCUT2D eigenvalue weighted by molar-refractivity contribution is -0.138. The van der Waals surface area contributed by atoms with Crippen LogP contribution in [0.15, 0.2) is 12.3 Å². The Labute approximate surface area is 201 Å². The van der Waals surface area contributed by atoms with Crippen molar-refractivity contribution in [3.05, 3.63) is 28.5 Å². The van der Waals surface area contributed by atoms with Crippen molar-refractivity contribution in [2.24, 2.45) is 0 Å². The van der Waals surface area contributed by atoms with Gasteiger partial charge in [-0.05, 0) is 45.6 Å². The smallest absolute Gasteiger partial charge is 0.408 e. The van der Waals surface area contributed by atoms with Crippen LogP contribution >= 0.6 is 11.3 Å². The first kappa shape index (κ1) is 25.3. The molecular weight excluding hydrogens is 495 g/mol. The molecule has 13 heteroatoms. The van der Waals surface area contributed by atoms with Crippen LogP contribution in [-0.2, 0) is 4.74 Å². The Balaban J connectivity index is 1.77. The number of pyridine rings is 1. The highest BCUT2D eigenvalue weighted by Crippen LogP contribution is 2.42. The third-order valence-electron chi connectivity index (χ3n) is 6.24. The van der Waals surface area contributed by atoms with Crippen molar-refractivity contribution in [1.82, 2.24) is 14.9 Å². The number of halogens is 5. The predicted octanol–water partition coefficient (Wildman–Crippen LogP) is 5.45. The Hall–Kier alpha value is -2.83. The van der Waals surface area contributed by atoms with Crippen molar-refractivity contribution in [2.45, 2.75) is 70.3 Å². The largest absolute Gasteiger partial charge is 0.461 e. The fourth-order valence-electron chi connectivity index (χ4n) is 4.52. The van der Waals surface area contributed by atoms with E-state index in [0.29, 0.717) is 0 Å². The summed E-state index contributed by atoms with van der Waals surface area (Å²) >= 11 is 0.719. The van der Waals surface area contributed by atoms with Crippen LogP contribution < -0.4 is 5.32 Å². The van der Waals surface area contributed by atoms with Gasteiger partial charge in [0.2, 0.25) is 5.01 Å². The first-order valence-corrected chi connectivity index (χ1v) is 11.9. The monoisotopic (exact) mass is 518 g/mol. The Morgan fingerprint density at radius 2 is 1.86 bits per heavy atom. The van der Waals surface area contributed by atoms with E-state index in [1.807, 2.05) is 0 Å². The minimum absolute atomic E-state index is 0.00238. The molecule has 7 nitrogen and oxygen atoms in total. The summed E-state index contributed by atoms with van der Waals surface area (Å²) < 4.78 is 71.8. The molecule has 35 heavy (non-hydrogen) atoms. The summed E-state index contributed by atoms with van der Waals surface area (Å²) in [5.41, 5.74) is -0.965. The topological polar surface area (TPSA) is 84.4 Å². The minimum atomic E-state index is -4.60. The standard InChI is InChI=1S/C22H23F5N4O3S/c1-3-34-21(33)19-30-16(20(32)31-11-4-5-12(31)7-6-11)17(35-19)14-9-28-15(8-13(14)18(23)24)29-10(2)22(25,26)27/h8-12,18H,3-7H2,1-2H3,(H,28,29)/t10-,11-,12+/m0/s1. The number of carbonyl (C=O) groups is 2. The molecule has 0 aliphatic carbocycles. The molecule has 4 heterocycles. The highest BCUT2D eigenvalue weighted by Gasteiger charge is 2.44. The van der Waals surface area contributed by atoms with Crippen LogP contribution in [0.2, 0.25) is 0 Å². The lowest BCUT2D eigenvalue weighted by Gasteiger charge is -2.22. The molecule has 1 amide bonds. The number of nitrogens with one attached hydrogen (secondary N) is 1. The van der Waals surface area contributed by atoms with Crippen molar-refractivity contribution < 1.29 is 36.3 Å². The molecule has 0 radical (unpaired) electrons. The summed E-state index contributed by atoms with van der Waals surface area (Å²) in [7, 11) is 0. The quantitative estimate of drug-likeness (QED) is 0.388. The van der Waals surface area contributed by atoms with E-state index < -0.39 is 41.9 Å². The average Bonchev–Trinajstić information content (AvgIpc) is 3.52. The van der Waals surface area contributed by atoms with Gasteiger partial charge in [-0.3, -0.25) is 4.79 Å². The van der Waals surface area contributed by atoms with Gasteiger partial charge in [0.15, 0.2) is 0 Å². The molecule has 2 fully saturated rings. The molecule has 2 aliphatic heterocycles. The molecule has 2 aromatic heterocycles. The lowest BCUT2D eigenvalue weighted by atomic mass is 10.0. The molecule has 2 aliphatic rings. The molecule has 2 saturated heterocycles. The zero-order valence-electron chi connectivity index (χ0n) is 18.9. The van der Waals surface area contributed by atoms with Gasteiger partial charge in [-0.1, -0.05) is 0 Å². The van der Waals surface area contributed by atoms with Gasteiger partial charge in [0.1, 0.15) is 17.6 Å². The zero-order valence-corrected chi connectivity index (χ0v) is 19.7. The fourth-order valence-corrected chi connectivity index (χ4v) is 5.50. The zero-order chi connectivity index (χ0) is 25.5. The van der Waals surface area contributed by atoms with Crippen LogP contribution in [0.1, 0.15) is 71.8 Å². The summed E-state index contributed by atoms with van der Waals surface area (Å²) in [6.07, 6.45) is -3.37. The summed E-state index contributed by atoms with van der Waals surface area (Å²) in [6.45, 7) is 2.48. The third-order valence-corrected chi connectivity index (χ3v) is 7.31. The second-order valence-corrected chi connectivity index (χ2v) is 9.46. The second-order valence-electron chi connectivity index (χ2n) is 8.46. The number of hydrogen-bond acceptors (Lipinski definition) is 7. The number of fused-ring (bicyclic) bond motifs is 2. The van der Waals surface area contributed by atoms with Gasteiger partial charge < -0.3 is 15.0 Å². The van der Waals surface area contributed by atoms with E-state index in [-0.39, 0.29) is 39.8 Å². The number of thiazole rings is 1. The van der Waals surface area contributed by atoms with Gasteiger partial charge in [-0.2, -0.15) is 13.2 Å². The van der Waals surface area contributed by atoms with E-state index in [1.54, 1.807) is 11.8 Å². The van der Waals surface area contributed by atoms with Crippen LogP contribution in [0.25, 0.3) is 10.4 Å². The molecule has 2 bridgehead atoms. The number of esters is 1. The van der Waals surface area contributed by atoms with E-state index >= 15 is 0 Å². The minimum Gasteiger partial charge on any atom is -0.461 e. The van der Waals surface area contributed by atoms with Gasteiger partial charge in [0, 0.05) is 29.4 Å². The van der Waals surface area contributed by atoms with Crippen molar-refractivity contribution in [2.75, 3.05) is 11.9 Å². The van der Waals surface area contributed by atoms with Gasteiger partial charge >= 0.3 is 12.1 Å². The van der Waals surface area contributed by atoms with Gasteiger partial charge in [0.25, 0.3) is 12.3 Å². The Morgan fingerprint density at radius 1 is 1.23 bits per heavy atom. The molecule has 1 atom stereocenters. The van der Waals surface area contributed by atoms with Gasteiger partial charge in [0.05, 0.1) is 11.5 Å². The van der Waals surface area contributed by atoms with Gasteiger partial charge in [-0.15, -0.1) is 11.3 Å². The molecule has 0 aromatic carbocycles. The number of nitrogens with zero attached hydrogens (tertiary/aromatic N) is 3. The van der Waals surface area contributed by atoms with E-state index in [1.165, 1.54) is 0 Å². The number of amides is 1. The maximum Gasteiger partial charge on any atom is 0.408 e. The van der Waals surface area contributed by atoms with Crippen molar-refractivity contribution in [3.8, 4) is 10.4 Å².